The van der Waals surface area contributed by atoms with Gasteiger partial charge >= 0.3 is 0 Å². The Bertz CT molecular complexity index is 353. The minimum atomic E-state index is -0.0869. The SMILES string of the molecule is CCCC(Br)Sc1nc(C)cc(=O)[nH]1. The second-order valence-corrected chi connectivity index (χ2v) is 5.91. The number of halogens is 1. The molecule has 0 aliphatic carbocycles. The fraction of sp³-hybridized carbons (Fsp3) is 0.556. The van der Waals surface area contributed by atoms with Gasteiger partial charge < -0.3 is 4.98 Å². The Kier molecular flexibility index (Phi) is 4.68. The minimum absolute atomic E-state index is 0.0869. The van der Waals surface area contributed by atoms with Crippen LogP contribution in [0.4, 0.5) is 0 Å². The highest BCUT2D eigenvalue weighted by Crippen LogP contribution is 2.26. The number of hydrogen-bond donors (Lipinski definition) is 1. The first-order valence-corrected chi connectivity index (χ1v) is 6.30. The van der Waals surface area contributed by atoms with Crippen molar-refractivity contribution in [3.63, 3.8) is 0 Å². The molecule has 0 saturated heterocycles. The number of nitrogens with one attached hydrogen (secondary N) is 1. The van der Waals surface area contributed by atoms with Crippen LogP contribution in [0.2, 0.25) is 0 Å². The normalized spacial score (nSPS) is 12.8. The van der Waals surface area contributed by atoms with Crippen molar-refractivity contribution < 1.29 is 0 Å². The summed E-state index contributed by atoms with van der Waals surface area (Å²) in [4.78, 5) is 18.1. The van der Waals surface area contributed by atoms with E-state index >= 15 is 0 Å². The van der Waals surface area contributed by atoms with Gasteiger partial charge in [0.2, 0.25) is 0 Å². The Morgan fingerprint density at radius 1 is 1.71 bits per heavy atom. The summed E-state index contributed by atoms with van der Waals surface area (Å²) < 4.78 is 0.317. The maximum atomic E-state index is 11.1. The second kappa shape index (κ2) is 5.56. The molecule has 0 bridgehead atoms. The quantitative estimate of drug-likeness (QED) is 0.523. The zero-order valence-corrected chi connectivity index (χ0v) is 10.6. The fourth-order valence-corrected chi connectivity index (χ4v) is 2.96. The number of aromatic nitrogens is 2. The van der Waals surface area contributed by atoms with Gasteiger partial charge in [0, 0.05) is 11.8 Å². The number of hydrogen-bond acceptors (Lipinski definition) is 3. The first-order valence-electron chi connectivity index (χ1n) is 4.50. The van der Waals surface area contributed by atoms with Gasteiger partial charge in [-0.05, 0) is 13.3 Å². The van der Waals surface area contributed by atoms with Gasteiger partial charge in [-0.1, -0.05) is 41.0 Å². The molecule has 1 aromatic heterocycles. The van der Waals surface area contributed by atoms with Crippen molar-refractivity contribution in [3.8, 4) is 0 Å². The largest absolute Gasteiger partial charge is 0.301 e. The van der Waals surface area contributed by atoms with Gasteiger partial charge in [0.15, 0.2) is 5.16 Å². The van der Waals surface area contributed by atoms with Crippen LogP contribution in [0.15, 0.2) is 16.0 Å². The summed E-state index contributed by atoms with van der Waals surface area (Å²) in [5.74, 6) is 0. The lowest BCUT2D eigenvalue weighted by Crippen LogP contribution is -2.09. The Morgan fingerprint density at radius 3 is 3.00 bits per heavy atom. The lowest BCUT2D eigenvalue weighted by molar-refractivity contribution is 0.861. The van der Waals surface area contributed by atoms with Gasteiger partial charge in [-0.3, -0.25) is 4.79 Å². The highest BCUT2D eigenvalue weighted by atomic mass is 79.9. The highest BCUT2D eigenvalue weighted by molar-refractivity contribution is 9.11. The van der Waals surface area contributed by atoms with Gasteiger partial charge in [-0.25, -0.2) is 4.98 Å². The highest BCUT2D eigenvalue weighted by Gasteiger charge is 2.07. The summed E-state index contributed by atoms with van der Waals surface area (Å²) >= 11 is 5.07. The number of rotatable bonds is 4. The van der Waals surface area contributed by atoms with E-state index in [2.05, 4.69) is 32.8 Å². The molecule has 1 heterocycles. The molecule has 1 N–H and O–H groups in total. The van der Waals surface area contributed by atoms with Crippen molar-refractivity contribution in [2.45, 2.75) is 36.0 Å². The van der Waals surface area contributed by atoms with E-state index in [-0.39, 0.29) is 5.56 Å². The number of alkyl halides is 1. The number of nitrogens with zero attached hydrogens (tertiary/aromatic N) is 1. The van der Waals surface area contributed by atoms with Crippen LogP contribution in [0.5, 0.6) is 0 Å². The molecule has 0 radical (unpaired) electrons. The summed E-state index contributed by atoms with van der Waals surface area (Å²) in [5, 5.41) is 0.685. The number of thioether (sulfide) groups is 1. The Morgan fingerprint density at radius 2 is 2.43 bits per heavy atom. The predicted octanol–water partition coefficient (Wildman–Crippen LogP) is 2.69. The van der Waals surface area contributed by atoms with Crippen LogP contribution in [-0.4, -0.2) is 14.1 Å². The smallest absolute Gasteiger partial charge is 0.251 e. The average Bonchev–Trinajstić information content (AvgIpc) is 2.01. The molecule has 0 aliphatic rings. The van der Waals surface area contributed by atoms with Crippen molar-refractivity contribution in [2.75, 3.05) is 0 Å². The predicted molar refractivity (Wildman–Crippen MR) is 63.1 cm³/mol. The maximum absolute atomic E-state index is 11.1. The molecule has 0 spiro atoms. The topological polar surface area (TPSA) is 45.8 Å². The van der Waals surface area contributed by atoms with Crippen molar-refractivity contribution in [3.05, 3.63) is 22.1 Å². The van der Waals surface area contributed by atoms with E-state index in [0.29, 0.717) is 9.32 Å². The van der Waals surface area contributed by atoms with Gasteiger partial charge in [-0.15, -0.1) is 0 Å². The Labute approximate surface area is 95.8 Å². The standard InChI is InChI=1S/C9H13BrN2OS/c1-3-4-7(10)14-9-11-6(2)5-8(13)12-9/h5,7H,3-4H2,1-2H3,(H,11,12,13). The van der Waals surface area contributed by atoms with Gasteiger partial charge in [-0.2, -0.15) is 0 Å². The molecule has 1 atom stereocenters. The van der Waals surface area contributed by atoms with Crippen LogP contribution in [0.3, 0.4) is 0 Å². The molecule has 14 heavy (non-hydrogen) atoms. The zero-order chi connectivity index (χ0) is 10.6. The van der Waals surface area contributed by atoms with E-state index in [1.54, 1.807) is 11.8 Å². The van der Waals surface area contributed by atoms with E-state index < -0.39 is 0 Å². The monoisotopic (exact) mass is 276 g/mol. The third-order valence-corrected chi connectivity index (χ3v) is 3.53. The van der Waals surface area contributed by atoms with Crippen molar-refractivity contribution in [1.29, 1.82) is 0 Å². The van der Waals surface area contributed by atoms with Crippen molar-refractivity contribution in [1.82, 2.24) is 9.97 Å². The van der Waals surface area contributed by atoms with E-state index in [0.717, 1.165) is 18.5 Å². The summed E-state index contributed by atoms with van der Waals surface area (Å²) in [7, 11) is 0. The third-order valence-electron chi connectivity index (χ3n) is 1.60. The first kappa shape index (κ1) is 11.8. The van der Waals surface area contributed by atoms with Crippen molar-refractivity contribution >= 4 is 27.7 Å². The maximum Gasteiger partial charge on any atom is 0.251 e. The van der Waals surface area contributed by atoms with E-state index in [9.17, 15) is 4.79 Å². The lowest BCUT2D eigenvalue weighted by Gasteiger charge is -2.06. The molecule has 0 fully saturated rings. The molecule has 78 valence electrons. The molecule has 0 saturated carbocycles. The molecule has 0 aromatic carbocycles. The summed E-state index contributed by atoms with van der Waals surface area (Å²) in [6.45, 7) is 3.95. The molecule has 1 rings (SSSR count). The van der Waals surface area contributed by atoms with E-state index in [1.807, 2.05) is 6.92 Å². The van der Waals surface area contributed by atoms with Gasteiger partial charge in [0.25, 0.3) is 5.56 Å². The first-order chi connectivity index (χ1) is 6.61. The molecule has 1 unspecified atom stereocenters. The molecule has 3 nitrogen and oxygen atoms in total. The minimum Gasteiger partial charge on any atom is -0.301 e. The molecule has 1 aromatic rings. The van der Waals surface area contributed by atoms with Crippen LogP contribution >= 0.6 is 27.7 Å². The summed E-state index contributed by atoms with van der Waals surface area (Å²) in [6, 6.07) is 1.49. The number of H-pyrrole nitrogens is 1. The number of aromatic amines is 1. The van der Waals surface area contributed by atoms with E-state index in [4.69, 9.17) is 0 Å². The fourth-order valence-electron chi connectivity index (χ4n) is 1.01. The molecular weight excluding hydrogens is 264 g/mol. The molecule has 0 amide bonds. The van der Waals surface area contributed by atoms with Crippen molar-refractivity contribution in [2.24, 2.45) is 0 Å². The van der Waals surface area contributed by atoms with Gasteiger partial charge in [0.05, 0.1) is 4.16 Å². The third kappa shape index (κ3) is 3.84. The summed E-state index contributed by atoms with van der Waals surface area (Å²) in [5.41, 5.74) is 0.670. The van der Waals surface area contributed by atoms with Crippen LogP contribution in [0, 0.1) is 6.92 Å². The van der Waals surface area contributed by atoms with E-state index in [1.165, 1.54) is 6.07 Å². The van der Waals surface area contributed by atoms with Crippen LogP contribution in [-0.2, 0) is 0 Å². The summed E-state index contributed by atoms with van der Waals surface area (Å²) in [6.07, 6.45) is 2.17. The Balaban J connectivity index is 2.71. The Hall–Kier alpha value is -0.290. The van der Waals surface area contributed by atoms with Gasteiger partial charge in [0.1, 0.15) is 0 Å². The van der Waals surface area contributed by atoms with Crippen LogP contribution < -0.4 is 5.56 Å². The lowest BCUT2D eigenvalue weighted by atomic mass is 10.4. The van der Waals surface area contributed by atoms with Crippen LogP contribution in [0.25, 0.3) is 0 Å². The molecule has 0 aliphatic heterocycles. The zero-order valence-electron chi connectivity index (χ0n) is 8.21. The molecular formula is C9H13BrN2OS. The molecule has 5 heteroatoms. The number of aryl methyl sites for hydroxylation is 1. The second-order valence-electron chi connectivity index (χ2n) is 3.01. The van der Waals surface area contributed by atoms with Crippen LogP contribution in [0.1, 0.15) is 25.5 Å². The average molecular weight is 277 g/mol.